The van der Waals surface area contributed by atoms with E-state index in [1.807, 2.05) is 52.9 Å². The van der Waals surface area contributed by atoms with Crippen LogP contribution in [0.2, 0.25) is 0 Å². The second-order valence-electron chi connectivity index (χ2n) is 6.42. The number of likely N-dealkylation sites (N-methyl/N-ethyl adjacent to an activating group) is 1. The maximum absolute atomic E-state index is 12.5. The molecule has 0 bridgehead atoms. The van der Waals surface area contributed by atoms with Gasteiger partial charge in [0.05, 0.1) is 4.43 Å². The number of ether oxygens (including phenoxy) is 1. The molecule has 4 amide bonds. The first-order valence-corrected chi connectivity index (χ1v) is 10.6. The van der Waals surface area contributed by atoms with E-state index in [4.69, 9.17) is 10.5 Å². The standard InChI is InChI=1S/C19H27IN4O5/c1-13(17(21)26)23-18(27)15(24(2)16(25)11-20)9-6-10-22-19(28)29-12-14-7-4-3-5-8-14/h3-5,7-8,13,15H,6,9-12H2,1-2H3,(H2,21,26)(H,22,28)(H,23,27). The first kappa shape index (κ1) is 24.7. The van der Waals surface area contributed by atoms with E-state index in [1.54, 1.807) is 0 Å². The fourth-order valence-electron chi connectivity index (χ4n) is 2.41. The van der Waals surface area contributed by atoms with Gasteiger partial charge in [-0.15, -0.1) is 0 Å². The van der Waals surface area contributed by atoms with Gasteiger partial charge in [0.1, 0.15) is 18.7 Å². The van der Waals surface area contributed by atoms with Crippen molar-refractivity contribution in [1.82, 2.24) is 15.5 Å². The van der Waals surface area contributed by atoms with Crippen LogP contribution in [0.4, 0.5) is 4.79 Å². The molecular formula is C19H27IN4O5. The van der Waals surface area contributed by atoms with E-state index in [1.165, 1.54) is 18.9 Å². The second kappa shape index (κ2) is 13.0. The van der Waals surface area contributed by atoms with Gasteiger partial charge in [0.25, 0.3) is 0 Å². The van der Waals surface area contributed by atoms with Gasteiger partial charge in [0, 0.05) is 13.6 Å². The molecular weight excluding hydrogens is 491 g/mol. The Kier molecular flexibility index (Phi) is 11.0. The molecule has 0 fully saturated rings. The minimum atomic E-state index is -0.848. The number of nitrogens with zero attached hydrogens (tertiary/aromatic N) is 1. The van der Waals surface area contributed by atoms with Crippen molar-refractivity contribution in [3.8, 4) is 0 Å². The van der Waals surface area contributed by atoms with E-state index >= 15 is 0 Å². The summed E-state index contributed by atoms with van der Waals surface area (Å²) in [5, 5.41) is 5.12. The third kappa shape index (κ3) is 9.11. The number of benzene rings is 1. The monoisotopic (exact) mass is 518 g/mol. The van der Waals surface area contributed by atoms with E-state index in [2.05, 4.69) is 10.6 Å². The summed E-state index contributed by atoms with van der Waals surface area (Å²) in [5.74, 6) is -1.35. The lowest BCUT2D eigenvalue weighted by atomic mass is 10.1. The van der Waals surface area contributed by atoms with E-state index < -0.39 is 30.0 Å². The molecule has 2 unspecified atom stereocenters. The van der Waals surface area contributed by atoms with Crippen molar-refractivity contribution in [3.63, 3.8) is 0 Å². The van der Waals surface area contributed by atoms with Crippen LogP contribution >= 0.6 is 22.6 Å². The molecule has 1 aromatic rings. The third-order valence-corrected chi connectivity index (χ3v) is 4.85. The number of alkyl carbamates (subject to hydrolysis) is 1. The Hall–Kier alpha value is -2.37. The van der Waals surface area contributed by atoms with Crippen LogP contribution in [-0.4, -0.2) is 58.8 Å². The van der Waals surface area contributed by atoms with Gasteiger partial charge in [-0.2, -0.15) is 0 Å². The smallest absolute Gasteiger partial charge is 0.407 e. The number of rotatable bonds is 11. The molecule has 0 saturated carbocycles. The van der Waals surface area contributed by atoms with Crippen LogP contribution in [0.15, 0.2) is 30.3 Å². The molecule has 0 spiro atoms. The zero-order chi connectivity index (χ0) is 21.8. The number of nitrogens with two attached hydrogens (primary N) is 1. The molecule has 29 heavy (non-hydrogen) atoms. The number of amides is 4. The molecule has 9 nitrogen and oxygen atoms in total. The van der Waals surface area contributed by atoms with Crippen molar-refractivity contribution < 1.29 is 23.9 Å². The number of carbonyl (C=O) groups is 4. The average molecular weight is 518 g/mol. The molecule has 0 aliphatic rings. The molecule has 0 saturated heterocycles. The maximum atomic E-state index is 12.5. The minimum absolute atomic E-state index is 0.162. The van der Waals surface area contributed by atoms with Gasteiger partial charge in [-0.05, 0) is 25.3 Å². The number of hydrogen-bond donors (Lipinski definition) is 3. The fraction of sp³-hybridized carbons (Fsp3) is 0.474. The summed E-state index contributed by atoms with van der Waals surface area (Å²) in [7, 11) is 1.53. The summed E-state index contributed by atoms with van der Waals surface area (Å²) in [6, 6.07) is 7.66. The highest BCUT2D eigenvalue weighted by Crippen LogP contribution is 2.08. The molecule has 0 aliphatic heterocycles. The average Bonchev–Trinajstić information content (AvgIpc) is 2.71. The predicted octanol–water partition coefficient (Wildman–Crippen LogP) is 0.945. The van der Waals surface area contributed by atoms with E-state index in [0.717, 1.165) is 5.56 Å². The Labute approximate surface area is 183 Å². The van der Waals surface area contributed by atoms with Crippen LogP contribution in [0.1, 0.15) is 25.3 Å². The quantitative estimate of drug-likeness (QED) is 0.228. The van der Waals surface area contributed by atoms with Gasteiger partial charge >= 0.3 is 6.09 Å². The van der Waals surface area contributed by atoms with Gasteiger partial charge in [-0.1, -0.05) is 52.9 Å². The third-order valence-electron chi connectivity index (χ3n) is 4.20. The fourth-order valence-corrected chi connectivity index (χ4v) is 2.95. The summed E-state index contributed by atoms with van der Waals surface area (Å²) in [6.45, 7) is 1.91. The Bertz CT molecular complexity index is 701. The highest BCUT2D eigenvalue weighted by atomic mass is 127. The van der Waals surface area contributed by atoms with Gasteiger partial charge in [-0.25, -0.2) is 4.79 Å². The summed E-state index contributed by atoms with van der Waals surface area (Å²) in [6.07, 6.45) is 0.172. The summed E-state index contributed by atoms with van der Waals surface area (Å²) in [5.41, 5.74) is 6.05. The lowest BCUT2D eigenvalue weighted by molar-refractivity contribution is -0.138. The highest BCUT2D eigenvalue weighted by molar-refractivity contribution is 14.1. The van der Waals surface area contributed by atoms with Gasteiger partial charge in [-0.3, -0.25) is 14.4 Å². The normalized spacial score (nSPS) is 12.4. The van der Waals surface area contributed by atoms with Crippen LogP contribution in [0.3, 0.4) is 0 Å². The molecule has 160 valence electrons. The zero-order valence-corrected chi connectivity index (χ0v) is 18.7. The minimum Gasteiger partial charge on any atom is -0.445 e. The van der Waals surface area contributed by atoms with Crippen molar-refractivity contribution >= 4 is 46.4 Å². The molecule has 0 aromatic heterocycles. The van der Waals surface area contributed by atoms with Crippen LogP contribution in [0.25, 0.3) is 0 Å². The number of alkyl halides is 1. The Balaban J connectivity index is 2.50. The van der Waals surface area contributed by atoms with Crippen LogP contribution in [0.5, 0.6) is 0 Å². The van der Waals surface area contributed by atoms with Crippen molar-refractivity contribution in [1.29, 1.82) is 0 Å². The number of primary amides is 1. The zero-order valence-electron chi connectivity index (χ0n) is 16.5. The maximum Gasteiger partial charge on any atom is 0.407 e. The largest absolute Gasteiger partial charge is 0.445 e. The summed E-state index contributed by atoms with van der Waals surface area (Å²) in [4.78, 5) is 48.8. The number of hydrogen-bond acceptors (Lipinski definition) is 5. The van der Waals surface area contributed by atoms with Crippen molar-refractivity contribution in [2.75, 3.05) is 18.0 Å². The SMILES string of the molecule is CC(NC(=O)C(CCCNC(=O)OCc1ccccc1)N(C)C(=O)CI)C(N)=O. The Morgan fingerprint density at radius 1 is 1.21 bits per heavy atom. The van der Waals surface area contributed by atoms with Crippen LogP contribution < -0.4 is 16.4 Å². The number of nitrogens with one attached hydrogen (secondary N) is 2. The Morgan fingerprint density at radius 3 is 2.45 bits per heavy atom. The van der Waals surface area contributed by atoms with E-state index in [0.29, 0.717) is 12.8 Å². The van der Waals surface area contributed by atoms with Gasteiger partial charge in [0.2, 0.25) is 17.7 Å². The highest BCUT2D eigenvalue weighted by Gasteiger charge is 2.27. The number of carbonyl (C=O) groups excluding carboxylic acids is 4. The molecule has 1 aromatic carbocycles. The molecule has 0 aliphatic carbocycles. The van der Waals surface area contributed by atoms with Crippen molar-refractivity contribution in [2.45, 2.75) is 38.5 Å². The van der Waals surface area contributed by atoms with Crippen LogP contribution in [0, 0.1) is 0 Å². The van der Waals surface area contributed by atoms with Gasteiger partial charge in [0.15, 0.2) is 0 Å². The molecule has 0 heterocycles. The lowest BCUT2D eigenvalue weighted by Crippen LogP contribution is -2.52. The van der Waals surface area contributed by atoms with Crippen molar-refractivity contribution in [3.05, 3.63) is 35.9 Å². The van der Waals surface area contributed by atoms with Gasteiger partial charge < -0.3 is 26.0 Å². The Morgan fingerprint density at radius 2 is 1.86 bits per heavy atom. The molecule has 1 rings (SSSR count). The second-order valence-corrected chi connectivity index (χ2v) is 7.18. The first-order valence-electron chi connectivity index (χ1n) is 9.12. The van der Waals surface area contributed by atoms with Crippen LogP contribution in [-0.2, 0) is 25.7 Å². The van der Waals surface area contributed by atoms with E-state index in [9.17, 15) is 19.2 Å². The number of halogens is 1. The molecule has 4 N–H and O–H groups in total. The van der Waals surface area contributed by atoms with E-state index in [-0.39, 0.29) is 23.5 Å². The van der Waals surface area contributed by atoms with Crippen molar-refractivity contribution in [2.24, 2.45) is 5.73 Å². The molecule has 2 atom stereocenters. The lowest BCUT2D eigenvalue weighted by Gasteiger charge is -2.28. The summed E-state index contributed by atoms with van der Waals surface area (Å²) >= 11 is 1.92. The summed E-state index contributed by atoms with van der Waals surface area (Å²) < 4.78 is 5.33. The first-order chi connectivity index (χ1) is 13.8. The molecule has 0 radical (unpaired) electrons. The predicted molar refractivity (Wildman–Crippen MR) is 116 cm³/mol. The topological polar surface area (TPSA) is 131 Å². The molecule has 10 heteroatoms.